The van der Waals surface area contributed by atoms with Crippen LogP contribution in [0.3, 0.4) is 0 Å². The zero-order valence-corrected chi connectivity index (χ0v) is 12.6. The van der Waals surface area contributed by atoms with Crippen molar-refractivity contribution < 1.29 is 9.53 Å². The van der Waals surface area contributed by atoms with Crippen LogP contribution in [0.25, 0.3) is 0 Å². The molecule has 0 aliphatic carbocycles. The predicted octanol–water partition coefficient (Wildman–Crippen LogP) is 4.61. The fraction of sp³-hybridized carbons (Fsp3) is 0.235. The normalized spacial score (nSPS) is 12.0. The monoisotopic (exact) mass is 288 g/mol. The Labute approximate surface area is 124 Å². The summed E-state index contributed by atoms with van der Waals surface area (Å²) >= 11 is 5.82. The number of Topliss-reactive ketones (excluding diaryl/α,β-unsaturated/α-hetero) is 1. The van der Waals surface area contributed by atoms with Gasteiger partial charge in [-0.1, -0.05) is 23.7 Å². The molecule has 0 bridgehead atoms. The highest BCUT2D eigenvalue weighted by Gasteiger charge is 2.17. The summed E-state index contributed by atoms with van der Waals surface area (Å²) in [6, 6.07) is 12.8. The van der Waals surface area contributed by atoms with E-state index in [9.17, 15) is 4.79 Å². The predicted molar refractivity (Wildman–Crippen MR) is 81.8 cm³/mol. The molecule has 20 heavy (non-hydrogen) atoms. The third kappa shape index (κ3) is 3.40. The molecule has 2 aromatic rings. The maximum absolute atomic E-state index is 12.3. The van der Waals surface area contributed by atoms with E-state index in [0.717, 1.165) is 16.9 Å². The highest BCUT2D eigenvalue weighted by atomic mass is 35.5. The summed E-state index contributed by atoms with van der Waals surface area (Å²) in [7, 11) is 0. The highest BCUT2D eigenvalue weighted by molar-refractivity contribution is 6.30. The van der Waals surface area contributed by atoms with Gasteiger partial charge in [0.05, 0.1) is 0 Å². The molecule has 0 saturated heterocycles. The first-order valence-corrected chi connectivity index (χ1v) is 6.89. The Morgan fingerprint density at radius 3 is 2.40 bits per heavy atom. The van der Waals surface area contributed by atoms with Gasteiger partial charge in [0.1, 0.15) is 5.75 Å². The van der Waals surface area contributed by atoms with Gasteiger partial charge in [0.15, 0.2) is 6.10 Å². The largest absolute Gasteiger partial charge is 0.482 e. The Bertz CT molecular complexity index is 617. The van der Waals surface area contributed by atoms with Crippen LogP contribution in [0, 0.1) is 13.8 Å². The minimum Gasteiger partial charge on any atom is -0.482 e. The summed E-state index contributed by atoms with van der Waals surface area (Å²) in [6.45, 7) is 5.73. The molecule has 0 heterocycles. The topological polar surface area (TPSA) is 26.3 Å². The van der Waals surface area contributed by atoms with E-state index in [1.165, 1.54) is 0 Å². The van der Waals surface area contributed by atoms with Crippen molar-refractivity contribution in [1.82, 2.24) is 0 Å². The number of halogens is 1. The molecule has 0 amide bonds. The van der Waals surface area contributed by atoms with E-state index in [0.29, 0.717) is 10.6 Å². The molecule has 2 aromatic carbocycles. The van der Waals surface area contributed by atoms with Crippen LogP contribution >= 0.6 is 11.6 Å². The average molecular weight is 289 g/mol. The van der Waals surface area contributed by atoms with Crippen LogP contribution in [0.1, 0.15) is 28.4 Å². The zero-order valence-electron chi connectivity index (χ0n) is 11.8. The van der Waals surface area contributed by atoms with Crippen molar-refractivity contribution in [3.8, 4) is 5.75 Å². The minimum absolute atomic E-state index is 0.0532. The number of rotatable bonds is 4. The second-order valence-electron chi connectivity index (χ2n) is 4.90. The maximum atomic E-state index is 12.3. The standard InChI is InChI=1S/C17H17ClO2/c1-11-4-5-12(2)16(10-11)20-13(3)17(19)14-6-8-15(18)9-7-14/h4-10,13H,1-3H3. The Kier molecular flexibility index (Phi) is 4.46. The van der Waals surface area contributed by atoms with Gasteiger partial charge in [-0.15, -0.1) is 0 Å². The summed E-state index contributed by atoms with van der Waals surface area (Å²) in [5.74, 6) is 0.697. The lowest BCUT2D eigenvalue weighted by atomic mass is 10.1. The van der Waals surface area contributed by atoms with Gasteiger partial charge in [-0.2, -0.15) is 0 Å². The van der Waals surface area contributed by atoms with Crippen LogP contribution in [-0.2, 0) is 0 Å². The molecule has 0 radical (unpaired) electrons. The summed E-state index contributed by atoms with van der Waals surface area (Å²) in [5, 5.41) is 0.615. The number of ketones is 1. The van der Waals surface area contributed by atoms with Crippen LogP contribution in [0.15, 0.2) is 42.5 Å². The fourth-order valence-corrected chi connectivity index (χ4v) is 2.05. The number of carbonyl (C=O) groups is 1. The van der Waals surface area contributed by atoms with Crippen LogP contribution < -0.4 is 4.74 Å². The van der Waals surface area contributed by atoms with E-state index in [-0.39, 0.29) is 5.78 Å². The molecule has 0 fully saturated rings. The second-order valence-corrected chi connectivity index (χ2v) is 5.34. The van der Waals surface area contributed by atoms with Crippen LogP contribution in [-0.4, -0.2) is 11.9 Å². The first-order valence-electron chi connectivity index (χ1n) is 6.51. The van der Waals surface area contributed by atoms with Gasteiger partial charge in [-0.05, 0) is 62.2 Å². The van der Waals surface area contributed by atoms with Crippen LogP contribution in [0.4, 0.5) is 0 Å². The van der Waals surface area contributed by atoms with E-state index >= 15 is 0 Å². The number of aryl methyl sites for hydroxylation is 2. The van der Waals surface area contributed by atoms with Gasteiger partial charge >= 0.3 is 0 Å². The van der Waals surface area contributed by atoms with Crippen molar-refractivity contribution in [2.24, 2.45) is 0 Å². The summed E-state index contributed by atoms with van der Waals surface area (Å²) in [6.07, 6.45) is -0.531. The van der Waals surface area contributed by atoms with E-state index in [4.69, 9.17) is 16.3 Å². The molecule has 0 aliphatic rings. The lowest BCUT2D eigenvalue weighted by molar-refractivity contribution is 0.0817. The molecule has 2 rings (SSSR count). The van der Waals surface area contributed by atoms with Gasteiger partial charge in [-0.25, -0.2) is 0 Å². The minimum atomic E-state index is -0.531. The van der Waals surface area contributed by atoms with Gasteiger partial charge in [0, 0.05) is 10.6 Å². The lowest BCUT2D eigenvalue weighted by Gasteiger charge is -2.16. The van der Waals surface area contributed by atoms with Crippen LogP contribution in [0.5, 0.6) is 5.75 Å². The zero-order chi connectivity index (χ0) is 14.7. The van der Waals surface area contributed by atoms with Gasteiger partial charge < -0.3 is 4.74 Å². The third-order valence-electron chi connectivity index (χ3n) is 3.15. The maximum Gasteiger partial charge on any atom is 0.202 e. The Morgan fingerprint density at radius 1 is 1.10 bits per heavy atom. The second kappa shape index (κ2) is 6.10. The Balaban J connectivity index is 2.15. The van der Waals surface area contributed by atoms with Gasteiger partial charge in [0.2, 0.25) is 5.78 Å². The van der Waals surface area contributed by atoms with E-state index in [2.05, 4.69) is 0 Å². The van der Waals surface area contributed by atoms with Gasteiger partial charge in [-0.3, -0.25) is 4.79 Å². The van der Waals surface area contributed by atoms with E-state index in [1.807, 2.05) is 32.0 Å². The molecule has 0 aliphatic heterocycles. The molecule has 0 spiro atoms. The van der Waals surface area contributed by atoms with Crippen molar-refractivity contribution >= 4 is 17.4 Å². The number of carbonyl (C=O) groups excluding carboxylic acids is 1. The number of benzene rings is 2. The van der Waals surface area contributed by atoms with Crippen molar-refractivity contribution in [3.05, 3.63) is 64.2 Å². The highest BCUT2D eigenvalue weighted by Crippen LogP contribution is 2.21. The molecule has 0 aromatic heterocycles. The molecular formula is C17H17ClO2. The average Bonchev–Trinajstić information content (AvgIpc) is 2.43. The van der Waals surface area contributed by atoms with Crippen LogP contribution in [0.2, 0.25) is 5.02 Å². The Morgan fingerprint density at radius 2 is 1.75 bits per heavy atom. The molecule has 0 N–H and O–H groups in total. The summed E-state index contributed by atoms with van der Waals surface area (Å²) in [5.41, 5.74) is 2.73. The summed E-state index contributed by atoms with van der Waals surface area (Å²) in [4.78, 5) is 12.3. The number of hydrogen-bond donors (Lipinski definition) is 0. The molecule has 3 heteroatoms. The quantitative estimate of drug-likeness (QED) is 0.768. The number of ether oxygens (including phenoxy) is 1. The van der Waals surface area contributed by atoms with E-state index < -0.39 is 6.10 Å². The molecule has 1 atom stereocenters. The first-order chi connectivity index (χ1) is 9.47. The SMILES string of the molecule is Cc1ccc(C)c(OC(C)C(=O)c2ccc(Cl)cc2)c1. The Hall–Kier alpha value is -1.80. The molecule has 104 valence electrons. The van der Waals surface area contributed by atoms with E-state index in [1.54, 1.807) is 31.2 Å². The number of hydrogen-bond acceptors (Lipinski definition) is 2. The first kappa shape index (κ1) is 14.6. The van der Waals surface area contributed by atoms with Crippen molar-refractivity contribution in [1.29, 1.82) is 0 Å². The molecule has 2 nitrogen and oxygen atoms in total. The van der Waals surface area contributed by atoms with Crippen molar-refractivity contribution in [3.63, 3.8) is 0 Å². The third-order valence-corrected chi connectivity index (χ3v) is 3.40. The molecular weight excluding hydrogens is 272 g/mol. The lowest BCUT2D eigenvalue weighted by Crippen LogP contribution is -2.24. The molecule has 1 unspecified atom stereocenters. The smallest absolute Gasteiger partial charge is 0.202 e. The summed E-state index contributed by atoms with van der Waals surface area (Å²) < 4.78 is 5.79. The fourth-order valence-electron chi connectivity index (χ4n) is 1.93. The molecule has 0 saturated carbocycles. The van der Waals surface area contributed by atoms with Crippen molar-refractivity contribution in [2.75, 3.05) is 0 Å². The van der Waals surface area contributed by atoms with Crippen molar-refractivity contribution in [2.45, 2.75) is 26.9 Å². The van der Waals surface area contributed by atoms with Gasteiger partial charge in [0.25, 0.3) is 0 Å².